The quantitative estimate of drug-likeness (QED) is 0.425. The number of thioether (sulfide) groups is 1. The topological polar surface area (TPSA) is 34.9 Å². The summed E-state index contributed by atoms with van der Waals surface area (Å²) in [5.41, 5.74) is 4.13. The number of nitrogens with zero attached hydrogens (tertiary/aromatic N) is 2. The van der Waals surface area contributed by atoms with Crippen molar-refractivity contribution < 1.29 is 9.18 Å². The number of carbonyl (C=O) groups is 1. The SMILES string of the molecule is O=C(Cl)c1nn(-c2ccc(Cl)cc2Cl)c2c1CSC/C2=C\c1ccc(F)cc1. The highest BCUT2D eigenvalue weighted by atomic mass is 35.5. The van der Waals surface area contributed by atoms with E-state index in [1.807, 2.05) is 6.08 Å². The summed E-state index contributed by atoms with van der Waals surface area (Å²) >= 11 is 19.9. The van der Waals surface area contributed by atoms with Crippen molar-refractivity contribution >= 4 is 63.5 Å². The van der Waals surface area contributed by atoms with Gasteiger partial charge in [-0.05, 0) is 59.1 Å². The number of hydrogen-bond acceptors (Lipinski definition) is 3. The van der Waals surface area contributed by atoms with E-state index in [-0.39, 0.29) is 11.5 Å². The van der Waals surface area contributed by atoms with Gasteiger partial charge < -0.3 is 0 Å². The Hall–Kier alpha value is -1.79. The summed E-state index contributed by atoms with van der Waals surface area (Å²) in [5.74, 6) is 1.01. The van der Waals surface area contributed by atoms with Crippen LogP contribution >= 0.6 is 46.6 Å². The number of carbonyl (C=O) groups excluding carboxylic acids is 1. The lowest BCUT2D eigenvalue weighted by molar-refractivity contribution is 0.107. The van der Waals surface area contributed by atoms with Gasteiger partial charge in [-0.25, -0.2) is 9.07 Å². The van der Waals surface area contributed by atoms with Crippen LogP contribution in [0.2, 0.25) is 10.0 Å². The Labute approximate surface area is 180 Å². The summed E-state index contributed by atoms with van der Waals surface area (Å²) < 4.78 is 14.9. The first-order chi connectivity index (χ1) is 13.4. The molecule has 142 valence electrons. The molecule has 0 unspecified atom stereocenters. The van der Waals surface area contributed by atoms with E-state index in [1.54, 1.807) is 46.8 Å². The molecule has 28 heavy (non-hydrogen) atoms. The molecule has 0 bridgehead atoms. The number of hydrogen-bond donors (Lipinski definition) is 0. The minimum atomic E-state index is -0.622. The molecular formula is C20H12Cl3FN2OS. The summed E-state index contributed by atoms with van der Waals surface area (Å²) in [6.45, 7) is 0. The lowest BCUT2D eigenvalue weighted by Gasteiger charge is -2.18. The van der Waals surface area contributed by atoms with Gasteiger partial charge in [-0.3, -0.25) is 4.79 Å². The Bertz CT molecular complexity index is 1110. The zero-order chi connectivity index (χ0) is 19.8. The fourth-order valence-electron chi connectivity index (χ4n) is 3.10. The molecule has 2 aromatic carbocycles. The number of benzene rings is 2. The lowest BCUT2D eigenvalue weighted by Crippen LogP contribution is -2.08. The van der Waals surface area contributed by atoms with Crippen LogP contribution in [0.25, 0.3) is 17.3 Å². The van der Waals surface area contributed by atoms with Gasteiger partial charge in [0.25, 0.3) is 5.24 Å². The van der Waals surface area contributed by atoms with E-state index in [2.05, 4.69) is 5.10 Å². The molecule has 8 heteroatoms. The van der Waals surface area contributed by atoms with Gasteiger partial charge in [0.05, 0.1) is 16.4 Å². The Morgan fingerprint density at radius 2 is 1.89 bits per heavy atom. The standard InChI is InChI=1S/C20H12Cl3FN2OS/c21-13-3-6-17(16(22)8-13)26-19-12(7-11-1-4-14(24)5-2-11)9-28-10-15(19)18(25-26)20(23)27/h1-8H,9-10H2/b12-7+. The van der Waals surface area contributed by atoms with Gasteiger partial charge in [0.1, 0.15) is 11.5 Å². The highest BCUT2D eigenvalue weighted by Gasteiger charge is 2.28. The first-order valence-electron chi connectivity index (χ1n) is 8.25. The van der Waals surface area contributed by atoms with Gasteiger partial charge in [0, 0.05) is 22.1 Å². The van der Waals surface area contributed by atoms with Gasteiger partial charge in [-0.2, -0.15) is 16.9 Å². The number of aromatic nitrogens is 2. The largest absolute Gasteiger partial charge is 0.274 e. The Morgan fingerprint density at radius 3 is 2.57 bits per heavy atom. The third kappa shape index (κ3) is 3.72. The van der Waals surface area contributed by atoms with Crippen molar-refractivity contribution in [2.24, 2.45) is 0 Å². The number of halogens is 4. The Balaban J connectivity index is 1.94. The molecule has 0 fully saturated rings. The third-order valence-corrected chi connectivity index (χ3v) is 6.05. The maximum Gasteiger partial charge on any atom is 0.273 e. The maximum absolute atomic E-state index is 13.2. The second kappa shape index (κ2) is 7.91. The van der Waals surface area contributed by atoms with Gasteiger partial charge in [-0.1, -0.05) is 35.3 Å². The second-order valence-corrected chi connectivity index (χ2v) is 8.34. The summed E-state index contributed by atoms with van der Waals surface area (Å²) in [5, 5.41) is 4.74. The molecular weight excluding hydrogens is 442 g/mol. The fourth-order valence-corrected chi connectivity index (χ4v) is 4.76. The third-order valence-electron chi connectivity index (χ3n) is 4.33. The molecule has 3 nitrogen and oxygen atoms in total. The molecule has 0 amide bonds. The van der Waals surface area contributed by atoms with Crippen LogP contribution in [0.1, 0.15) is 27.3 Å². The number of rotatable bonds is 3. The maximum atomic E-state index is 13.2. The minimum Gasteiger partial charge on any atom is -0.274 e. The van der Waals surface area contributed by atoms with Crippen LogP contribution in [0.5, 0.6) is 0 Å². The molecule has 0 saturated heterocycles. The first-order valence-corrected chi connectivity index (χ1v) is 10.5. The second-order valence-electron chi connectivity index (χ2n) is 6.17. The van der Waals surface area contributed by atoms with E-state index in [0.717, 1.165) is 22.4 Å². The fraction of sp³-hybridized carbons (Fsp3) is 0.100. The van der Waals surface area contributed by atoms with Gasteiger partial charge in [0.15, 0.2) is 0 Å². The van der Waals surface area contributed by atoms with Crippen molar-refractivity contribution in [3.05, 3.63) is 80.8 Å². The van der Waals surface area contributed by atoms with Crippen LogP contribution in [-0.4, -0.2) is 20.8 Å². The predicted octanol–water partition coefficient (Wildman–Crippen LogP) is 6.48. The first kappa shape index (κ1) is 19.5. The van der Waals surface area contributed by atoms with Crippen LogP contribution in [0.4, 0.5) is 4.39 Å². The molecule has 1 aromatic heterocycles. The summed E-state index contributed by atoms with van der Waals surface area (Å²) in [6.07, 6.45) is 1.95. The van der Waals surface area contributed by atoms with Crippen LogP contribution < -0.4 is 0 Å². The van der Waals surface area contributed by atoms with E-state index < -0.39 is 5.24 Å². The molecule has 1 aliphatic heterocycles. The van der Waals surface area contributed by atoms with Crippen LogP contribution in [0, 0.1) is 5.82 Å². The molecule has 2 heterocycles. The molecule has 0 radical (unpaired) electrons. The molecule has 3 aromatic rings. The lowest BCUT2D eigenvalue weighted by atomic mass is 10.0. The van der Waals surface area contributed by atoms with Crippen molar-refractivity contribution in [3.8, 4) is 5.69 Å². The van der Waals surface area contributed by atoms with E-state index >= 15 is 0 Å². The van der Waals surface area contributed by atoms with E-state index in [9.17, 15) is 9.18 Å². The van der Waals surface area contributed by atoms with Crippen LogP contribution in [0.3, 0.4) is 0 Å². The monoisotopic (exact) mass is 452 g/mol. The van der Waals surface area contributed by atoms with Crippen molar-refractivity contribution in [1.29, 1.82) is 0 Å². The van der Waals surface area contributed by atoms with E-state index in [1.165, 1.54) is 12.1 Å². The zero-order valence-corrected chi connectivity index (χ0v) is 17.3. The Morgan fingerprint density at radius 1 is 1.14 bits per heavy atom. The van der Waals surface area contributed by atoms with Gasteiger partial charge in [-0.15, -0.1) is 0 Å². The smallest absolute Gasteiger partial charge is 0.273 e. The highest BCUT2D eigenvalue weighted by molar-refractivity contribution is 7.99. The summed E-state index contributed by atoms with van der Waals surface area (Å²) in [6, 6.07) is 11.3. The average molecular weight is 454 g/mol. The molecule has 0 saturated carbocycles. The zero-order valence-electron chi connectivity index (χ0n) is 14.3. The summed E-state index contributed by atoms with van der Waals surface area (Å²) in [7, 11) is 0. The average Bonchev–Trinajstić information content (AvgIpc) is 3.04. The van der Waals surface area contributed by atoms with Crippen LogP contribution in [0.15, 0.2) is 42.5 Å². The van der Waals surface area contributed by atoms with Crippen molar-refractivity contribution in [2.45, 2.75) is 5.75 Å². The molecule has 1 aliphatic rings. The van der Waals surface area contributed by atoms with E-state index in [0.29, 0.717) is 27.2 Å². The molecule has 0 aliphatic carbocycles. The molecule has 4 rings (SSSR count). The molecule has 0 atom stereocenters. The van der Waals surface area contributed by atoms with Crippen molar-refractivity contribution in [2.75, 3.05) is 5.75 Å². The number of fused-ring (bicyclic) bond motifs is 1. The van der Waals surface area contributed by atoms with Gasteiger partial charge >= 0.3 is 0 Å². The highest BCUT2D eigenvalue weighted by Crippen LogP contribution is 2.39. The molecule has 0 spiro atoms. The van der Waals surface area contributed by atoms with Crippen molar-refractivity contribution in [1.82, 2.24) is 9.78 Å². The minimum absolute atomic E-state index is 0.208. The normalized spacial score (nSPS) is 14.9. The van der Waals surface area contributed by atoms with Crippen LogP contribution in [-0.2, 0) is 5.75 Å². The predicted molar refractivity (Wildman–Crippen MR) is 114 cm³/mol. The van der Waals surface area contributed by atoms with Gasteiger partial charge in [0.2, 0.25) is 0 Å². The van der Waals surface area contributed by atoms with Crippen molar-refractivity contribution in [3.63, 3.8) is 0 Å². The summed E-state index contributed by atoms with van der Waals surface area (Å²) in [4.78, 5) is 12.0. The van der Waals surface area contributed by atoms with E-state index in [4.69, 9.17) is 34.8 Å². The Kier molecular flexibility index (Phi) is 5.52. The molecule has 0 N–H and O–H groups in total.